The minimum atomic E-state index is 0.506. The standard InChI is InChI=1S/C18H20N2OS/c1-2-14-21-17-10-8-16(9-11-17)20-18(22)19-13-12-15-6-4-3-5-7-15/h2-11H,1,12-14H2,(H2,19,20,22). The van der Waals surface area contributed by atoms with Gasteiger partial charge in [-0.05, 0) is 48.5 Å². The van der Waals surface area contributed by atoms with Crippen LogP contribution in [0.3, 0.4) is 0 Å². The molecule has 0 spiro atoms. The molecule has 0 heterocycles. The number of hydrogen-bond donors (Lipinski definition) is 2. The van der Waals surface area contributed by atoms with Crippen LogP contribution in [0, 0.1) is 0 Å². The summed E-state index contributed by atoms with van der Waals surface area (Å²) < 4.78 is 5.43. The second-order valence-electron chi connectivity index (χ2n) is 4.74. The zero-order valence-electron chi connectivity index (χ0n) is 12.4. The zero-order chi connectivity index (χ0) is 15.6. The molecule has 0 atom stereocenters. The molecule has 22 heavy (non-hydrogen) atoms. The number of hydrogen-bond acceptors (Lipinski definition) is 2. The summed E-state index contributed by atoms with van der Waals surface area (Å²) in [6.07, 6.45) is 2.66. The quantitative estimate of drug-likeness (QED) is 0.602. The first-order valence-corrected chi connectivity index (χ1v) is 7.61. The summed E-state index contributed by atoms with van der Waals surface area (Å²) in [6, 6.07) is 18.0. The number of benzene rings is 2. The van der Waals surface area contributed by atoms with E-state index in [4.69, 9.17) is 17.0 Å². The Labute approximate surface area is 137 Å². The van der Waals surface area contributed by atoms with E-state index in [1.54, 1.807) is 6.08 Å². The fraction of sp³-hybridized carbons (Fsp3) is 0.167. The fourth-order valence-corrected chi connectivity index (χ4v) is 2.15. The summed E-state index contributed by atoms with van der Waals surface area (Å²) in [5.41, 5.74) is 2.23. The van der Waals surface area contributed by atoms with Crippen molar-refractivity contribution < 1.29 is 4.74 Å². The average molecular weight is 312 g/mol. The van der Waals surface area contributed by atoms with Crippen LogP contribution in [0.5, 0.6) is 5.75 Å². The molecule has 2 N–H and O–H groups in total. The molecule has 2 rings (SSSR count). The summed E-state index contributed by atoms with van der Waals surface area (Å²) in [5.74, 6) is 0.813. The number of thiocarbonyl (C=S) groups is 1. The van der Waals surface area contributed by atoms with Crippen molar-refractivity contribution in [3.63, 3.8) is 0 Å². The lowest BCUT2D eigenvalue weighted by atomic mass is 10.1. The van der Waals surface area contributed by atoms with E-state index in [-0.39, 0.29) is 0 Å². The van der Waals surface area contributed by atoms with Crippen molar-refractivity contribution in [2.45, 2.75) is 6.42 Å². The lowest BCUT2D eigenvalue weighted by Gasteiger charge is -2.11. The average Bonchev–Trinajstić information content (AvgIpc) is 2.55. The van der Waals surface area contributed by atoms with Gasteiger partial charge in [-0.25, -0.2) is 0 Å². The van der Waals surface area contributed by atoms with E-state index in [0.717, 1.165) is 24.4 Å². The molecule has 0 aromatic heterocycles. The summed E-state index contributed by atoms with van der Waals surface area (Å²) >= 11 is 5.29. The summed E-state index contributed by atoms with van der Waals surface area (Å²) in [7, 11) is 0. The van der Waals surface area contributed by atoms with Gasteiger partial charge in [0.15, 0.2) is 5.11 Å². The highest BCUT2D eigenvalue weighted by Crippen LogP contribution is 2.15. The lowest BCUT2D eigenvalue weighted by molar-refractivity contribution is 0.363. The Bertz CT molecular complexity index is 596. The highest BCUT2D eigenvalue weighted by Gasteiger charge is 1.99. The Morgan fingerprint density at radius 2 is 1.82 bits per heavy atom. The van der Waals surface area contributed by atoms with Gasteiger partial charge in [0.25, 0.3) is 0 Å². The van der Waals surface area contributed by atoms with Crippen molar-refractivity contribution in [3.8, 4) is 5.75 Å². The molecule has 0 unspecified atom stereocenters. The van der Waals surface area contributed by atoms with Crippen LogP contribution in [0.25, 0.3) is 0 Å². The van der Waals surface area contributed by atoms with Crippen molar-refractivity contribution in [2.24, 2.45) is 0 Å². The van der Waals surface area contributed by atoms with Crippen molar-refractivity contribution in [1.29, 1.82) is 0 Å². The van der Waals surface area contributed by atoms with E-state index in [2.05, 4.69) is 29.3 Å². The maximum atomic E-state index is 5.43. The first-order chi connectivity index (χ1) is 10.8. The zero-order valence-corrected chi connectivity index (χ0v) is 13.2. The smallest absolute Gasteiger partial charge is 0.170 e. The Balaban J connectivity index is 1.73. The molecule has 3 nitrogen and oxygen atoms in total. The maximum absolute atomic E-state index is 5.43. The molecule has 0 aliphatic rings. The van der Waals surface area contributed by atoms with Crippen LogP contribution in [0.2, 0.25) is 0 Å². The Hall–Kier alpha value is -2.33. The number of rotatable bonds is 7. The Morgan fingerprint density at radius 1 is 1.09 bits per heavy atom. The SMILES string of the molecule is C=CCOc1ccc(NC(=S)NCCc2ccccc2)cc1. The first-order valence-electron chi connectivity index (χ1n) is 7.20. The van der Waals surface area contributed by atoms with Crippen molar-refractivity contribution in [2.75, 3.05) is 18.5 Å². The van der Waals surface area contributed by atoms with Crippen LogP contribution < -0.4 is 15.4 Å². The third-order valence-electron chi connectivity index (χ3n) is 3.02. The van der Waals surface area contributed by atoms with Crippen LogP contribution >= 0.6 is 12.2 Å². The van der Waals surface area contributed by atoms with Gasteiger partial charge in [0.05, 0.1) is 0 Å². The number of nitrogens with one attached hydrogen (secondary N) is 2. The van der Waals surface area contributed by atoms with Crippen LogP contribution in [0.15, 0.2) is 67.3 Å². The van der Waals surface area contributed by atoms with Gasteiger partial charge in [0, 0.05) is 12.2 Å². The Morgan fingerprint density at radius 3 is 2.50 bits per heavy atom. The lowest BCUT2D eigenvalue weighted by Crippen LogP contribution is -2.30. The molecule has 0 saturated carbocycles. The van der Waals surface area contributed by atoms with Gasteiger partial charge in [-0.15, -0.1) is 0 Å². The second kappa shape index (κ2) is 8.85. The summed E-state index contributed by atoms with van der Waals surface area (Å²) in [4.78, 5) is 0. The van der Waals surface area contributed by atoms with Crippen LogP contribution in [0.1, 0.15) is 5.56 Å². The van der Waals surface area contributed by atoms with E-state index < -0.39 is 0 Å². The number of anilines is 1. The molecule has 0 radical (unpaired) electrons. The minimum absolute atomic E-state index is 0.506. The van der Waals surface area contributed by atoms with Gasteiger partial charge in [0.1, 0.15) is 12.4 Å². The van der Waals surface area contributed by atoms with E-state index in [1.807, 2.05) is 42.5 Å². The number of ether oxygens (including phenoxy) is 1. The van der Waals surface area contributed by atoms with E-state index >= 15 is 0 Å². The van der Waals surface area contributed by atoms with Crippen molar-refractivity contribution in [1.82, 2.24) is 5.32 Å². The molecule has 0 fully saturated rings. The minimum Gasteiger partial charge on any atom is -0.490 e. The molecule has 2 aromatic carbocycles. The van der Waals surface area contributed by atoms with E-state index in [0.29, 0.717) is 11.7 Å². The van der Waals surface area contributed by atoms with Crippen molar-refractivity contribution in [3.05, 3.63) is 72.8 Å². The summed E-state index contributed by atoms with van der Waals surface area (Å²) in [5, 5.41) is 6.98. The van der Waals surface area contributed by atoms with Gasteiger partial charge in [0.2, 0.25) is 0 Å². The topological polar surface area (TPSA) is 33.3 Å². The molecule has 0 saturated heterocycles. The molecular weight excluding hydrogens is 292 g/mol. The van der Waals surface area contributed by atoms with Gasteiger partial charge in [-0.2, -0.15) is 0 Å². The highest BCUT2D eigenvalue weighted by atomic mass is 32.1. The van der Waals surface area contributed by atoms with Crippen LogP contribution in [-0.4, -0.2) is 18.3 Å². The Kier molecular flexibility index (Phi) is 6.45. The van der Waals surface area contributed by atoms with Gasteiger partial charge in [-0.3, -0.25) is 0 Å². The van der Waals surface area contributed by atoms with Gasteiger partial charge >= 0.3 is 0 Å². The first kappa shape index (κ1) is 16.0. The van der Waals surface area contributed by atoms with Crippen LogP contribution in [-0.2, 0) is 6.42 Å². The second-order valence-corrected chi connectivity index (χ2v) is 5.15. The summed E-state index contributed by atoms with van der Waals surface area (Å²) in [6.45, 7) is 4.93. The third kappa shape index (κ3) is 5.58. The van der Waals surface area contributed by atoms with Crippen LogP contribution in [0.4, 0.5) is 5.69 Å². The van der Waals surface area contributed by atoms with E-state index in [9.17, 15) is 0 Å². The fourth-order valence-electron chi connectivity index (χ4n) is 1.93. The van der Waals surface area contributed by atoms with Gasteiger partial charge in [-0.1, -0.05) is 43.0 Å². The molecular formula is C18H20N2OS. The van der Waals surface area contributed by atoms with E-state index in [1.165, 1.54) is 5.56 Å². The predicted molar refractivity (Wildman–Crippen MR) is 96.5 cm³/mol. The molecule has 0 bridgehead atoms. The molecule has 0 aliphatic carbocycles. The largest absolute Gasteiger partial charge is 0.490 e. The molecule has 0 amide bonds. The monoisotopic (exact) mass is 312 g/mol. The third-order valence-corrected chi connectivity index (χ3v) is 3.27. The normalized spacial score (nSPS) is 9.82. The molecule has 0 aliphatic heterocycles. The maximum Gasteiger partial charge on any atom is 0.170 e. The molecule has 4 heteroatoms. The van der Waals surface area contributed by atoms with Crippen molar-refractivity contribution >= 4 is 23.0 Å². The highest BCUT2D eigenvalue weighted by molar-refractivity contribution is 7.80. The molecule has 114 valence electrons. The van der Waals surface area contributed by atoms with Gasteiger partial charge < -0.3 is 15.4 Å². The molecule has 2 aromatic rings. The predicted octanol–water partition coefficient (Wildman–Crippen LogP) is 3.78.